The summed E-state index contributed by atoms with van der Waals surface area (Å²) in [6.07, 6.45) is 6.24. The third-order valence-electron chi connectivity index (χ3n) is 2.67. The lowest BCUT2D eigenvalue weighted by Gasteiger charge is -2.05. The zero-order chi connectivity index (χ0) is 14.1. The number of H-pyrrole nitrogens is 1. The smallest absolute Gasteiger partial charge is 0.302 e. The van der Waals surface area contributed by atoms with Gasteiger partial charge in [-0.1, -0.05) is 6.92 Å². The third kappa shape index (κ3) is 2.38. The fourth-order valence-electron chi connectivity index (χ4n) is 1.83. The molecule has 3 heterocycles. The van der Waals surface area contributed by atoms with Crippen molar-refractivity contribution in [1.82, 2.24) is 29.1 Å². The third-order valence-corrected chi connectivity index (χ3v) is 4.02. The van der Waals surface area contributed by atoms with E-state index < -0.39 is 0 Å². The molecule has 20 heavy (non-hydrogen) atoms. The number of hydrogen-bond donors (Lipinski definition) is 1. The summed E-state index contributed by atoms with van der Waals surface area (Å²) in [7, 11) is 0. The Morgan fingerprint density at radius 2 is 2.35 bits per heavy atom. The van der Waals surface area contributed by atoms with Gasteiger partial charge in [0.05, 0.1) is 0 Å². The van der Waals surface area contributed by atoms with Crippen LogP contribution in [0.4, 0.5) is 0 Å². The molecule has 0 unspecified atom stereocenters. The molecule has 0 aliphatic rings. The Balaban J connectivity index is 2.05. The molecule has 0 saturated carbocycles. The predicted molar refractivity (Wildman–Crippen MR) is 77.9 cm³/mol. The average Bonchev–Trinajstić information content (AvgIpc) is 3.00. The standard InChI is InChI=1S/C11H11BrN6OS/c1-2-4-18-10(19)15-16-11(18)20-9-8-13-3-5-17(8)6-7(12)14-9/h3,5-6H,2,4H2,1H3,(H,15,19). The first-order chi connectivity index (χ1) is 9.69. The number of rotatable bonds is 4. The van der Waals surface area contributed by atoms with Gasteiger partial charge in [0.15, 0.2) is 10.8 Å². The molecule has 104 valence electrons. The Kier molecular flexibility index (Phi) is 3.62. The molecule has 7 nitrogen and oxygen atoms in total. The van der Waals surface area contributed by atoms with Gasteiger partial charge < -0.3 is 4.40 Å². The molecule has 0 saturated heterocycles. The van der Waals surface area contributed by atoms with Crippen molar-refractivity contribution >= 4 is 33.3 Å². The Morgan fingerprint density at radius 1 is 1.50 bits per heavy atom. The van der Waals surface area contributed by atoms with Crippen LogP contribution in [0, 0.1) is 0 Å². The van der Waals surface area contributed by atoms with Crippen molar-refractivity contribution in [1.29, 1.82) is 0 Å². The highest BCUT2D eigenvalue weighted by molar-refractivity contribution is 9.10. The maximum Gasteiger partial charge on any atom is 0.343 e. The van der Waals surface area contributed by atoms with Crippen LogP contribution in [-0.4, -0.2) is 29.1 Å². The van der Waals surface area contributed by atoms with Crippen LogP contribution in [0.2, 0.25) is 0 Å². The first-order valence-electron chi connectivity index (χ1n) is 6.01. The van der Waals surface area contributed by atoms with Gasteiger partial charge in [-0.25, -0.2) is 19.9 Å². The second-order valence-corrected chi connectivity index (χ2v) is 5.86. The minimum Gasteiger partial charge on any atom is -0.302 e. The minimum atomic E-state index is -0.205. The van der Waals surface area contributed by atoms with Gasteiger partial charge in [-0.3, -0.25) is 4.57 Å². The summed E-state index contributed by atoms with van der Waals surface area (Å²) < 4.78 is 4.17. The zero-order valence-electron chi connectivity index (χ0n) is 10.6. The summed E-state index contributed by atoms with van der Waals surface area (Å²) in [6, 6.07) is 0. The molecule has 1 N–H and O–H groups in total. The van der Waals surface area contributed by atoms with E-state index in [4.69, 9.17) is 0 Å². The highest BCUT2D eigenvalue weighted by Crippen LogP contribution is 2.28. The molecule has 0 fully saturated rings. The molecule has 0 spiro atoms. The maximum absolute atomic E-state index is 11.7. The predicted octanol–water partition coefficient (Wildman–Crippen LogP) is 1.94. The topological polar surface area (TPSA) is 80.9 Å². The number of nitrogens with one attached hydrogen (secondary N) is 1. The Morgan fingerprint density at radius 3 is 3.15 bits per heavy atom. The molecular formula is C11H11BrN6OS. The van der Waals surface area contributed by atoms with Crippen molar-refractivity contribution in [3.63, 3.8) is 0 Å². The molecule has 0 atom stereocenters. The van der Waals surface area contributed by atoms with Gasteiger partial charge in [0.25, 0.3) is 0 Å². The Labute approximate surface area is 126 Å². The quantitative estimate of drug-likeness (QED) is 0.774. The van der Waals surface area contributed by atoms with Crippen molar-refractivity contribution < 1.29 is 0 Å². The van der Waals surface area contributed by atoms with Gasteiger partial charge >= 0.3 is 5.69 Å². The van der Waals surface area contributed by atoms with E-state index in [9.17, 15) is 4.79 Å². The van der Waals surface area contributed by atoms with Crippen LogP contribution < -0.4 is 5.69 Å². The van der Waals surface area contributed by atoms with Crippen LogP contribution in [0.3, 0.4) is 0 Å². The number of aromatic amines is 1. The number of fused-ring (bicyclic) bond motifs is 1. The van der Waals surface area contributed by atoms with Crippen LogP contribution in [0.25, 0.3) is 5.65 Å². The van der Waals surface area contributed by atoms with Crippen molar-refractivity contribution in [2.45, 2.75) is 30.1 Å². The van der Waals surface area contributed by atoms with E-state index in [1.807, 2.05) is 23.7 Å². The molecule has 0 aliphatic carbocycles. The summed E-state index contributed by atoms with van der Waals surface area (Å²) in [4.78, 5) is 20.4. The lowest BCUT2D eigenvalue weighted by Crippen LogP contribution is -2.17. The summed E-state index contributed by atoms with van der Waals surface area (Å²) in [6.45, 7) is 2.63. The molecule has 0 amide bonds. The fraction of sp³-hybridized carbons (Fsp3) is 0.273. The van der Waals surface area contributed by atoms with Crippen LogP contribution in [-0.2, 0) is 6.54 Å². The van der Waals surface area contributed by atoms with E-state index >= 15 is 0 Å². The normalized spacial score (nSPS) is 11.3. The van der Waals surface area contributed by atoms with Crippen molar-refractivity contribution in [3.8, 4) is 0 Å². The molecule has 9 heteroatoms. The minimum absolute atomic E-state index is 0.205. The Hall–Kier alpha value is -1.61. The number of hydrogen-bond acceptors (Lipinski definition) is 5. The molecule has 3 aromatic rings. The highest BCUT2D eigenvalue weighted by atomic mass is 79.9. The number of halogens is 1. The summed E-state index contributed by atoms with van der Waals surface area (Å²) in [5.41, 5.74) is 0.528. The Bertz CT molecular complexity index is 807. The first-order valence-corrected chi connectivity index (χ1v) is 7.62. The van der Waals surface area contributed by atoms with Crippen LogP contribution in [0.15, 0.2) is 38.2 Å². The summed E-state index contributed by atoms with van der Waals surface area (Å²) in [5.74, 6) is 0. The molecular weight excluding hydrogens is 344 g/mol. The van der Waals surface area contributed by atoms with Gasteiger partial charge in [0, 0.05) is 25.1 Å². The molecule has 0 aromatic carbocycles. The average molecular weight is 355 g/mol. The second-order valence-electron chi connectivity index (χ2n) is 4.09. The van der Waals surface area contributed by atoms with Crippen molar-refractivity contribution in [3.05, 3.63) is 33.7 Å². The van der Waals surface area contributed by atoms with Crippen molar-refractivity contribution in [2.75, 3.05) is 0 Å². The molecule has 3 aromatic heterocycles. The van der Waals surface area contributed by atoms with Gasteiger partial charge in [-0.05, 0) is 34.1 Å². The number of aromatic nitrogens is 6. The first kappa shape index (κ1) is 13.4. The van der Waals surface area contributed by atoms with E-state index in [1.165, 1.54) is 11.8 Å². The van der Waals surface area contributed by atoms with Crippen molar-refractivity contribution in [2.24, 2.45) is 0 Å². The second kappa shape index (κ2) is 5.41. The van der Waals surface area contributed by atoms with Crippen LogP contribution in [0.5, 0.6) is 0 Å². The van der Waals surface area contributed by atoms with Gasteiger partial charge in [0.1, 0.15) is 9.63 Å². The lowest BCUT2D eigenvalue weighted by atomic mass is 10.5. The molecule has 0 radical (unpaired) electrons. The van der Waals surface area contributed by atoms with Crippen LogP contribution >= 0.6 is 27.7 Å². The lowest BCUT2D eigenvalue weighted by molar-refractivity contribution is 0.603. The number of nitrogens with zero attached hydrogens (tertiary/aromatic N) is 5. The van der Waals surface area contributed by atoms with E-state index in [-0.39, 0.29) is 5.69 Å². The van der Waals surface area contributed by atoms with E-state index in [1.54, 1.807) is 10.8 Å². The zero-order valence-corrected chi connectivity index (χ0v) is 13.0. The number of imidazole rings is 1. The highest BCUT2D eigenvalue weighted by Gasteiger charge is 2.14. The monoisotopic (exact) mass is 354 g/mol. The van der Waals surface area contributed by atoms with E-state index in [2.05, 4.69) is 36.1 Å². The summed E-state index contributed by atoms with van der Waals surface area (Å²) >= 11 is 4.69. The molecule has 0 aliphatic heterocycles. The van der Waals surface area contributed by atoms with Gasteiger partial charge in [0.2, 0.25) is 0 Å². The van der Waals surface area contributed by atoms with E-state index in [0.717, 1.165) is 12.1 Å². The molecule has 3 rings (SSSR count). The molecule has 0 bridgehead atoms. The summed E-state index contributed by atoms with van der Waals surface area (Å²) in [5, 5.41) is 7.80. The van der Waals surface area contributed by atoms with Crippen LogP contribution in [0.1, 0.15) is 13.3 Å². The van der Waals surface area contributed by atoms with E-state index in [0.29, 0.717) is 21.3 Å². The fourth-order valence-corrected chi connectivity index (χ4v) is 3.29. The SMILES string of the molecule is CCCn1c(Sc2nc(Br)cn3ccnc23)n[nH]c1=O. The maximum atomic E-state index is 11.7. The largest absolute Gasteiger partial charge is 0.343 e. The van der Waals surface area contributed by atoms with Gasteiger partial charge in [-0.15, -0.1) is 5.10 Å². The van der Waals surface area contributed by atoms with Gasteiger partial charge in [-0.2, -0.15) is 0 Å².